The fourth-order valence-corrected chi connectivity index (χ4v) is 3.89. The second-order valence-corrected chi connectivity index (χ2v) is 8.07. The van der Waals surface area contributed by atoms with Gasteiger partial charge in [0.05, 0.1) is 11.8 Å². The van der Waals surface area contributed by atoms with Gasteiger partial charge in [0.25, 0.3) is 5.91 Å². The summed E-state index contributed by atoms with van der Waals surface area (Å²) < 4.78 is 37.3. The van der Waals surface area contributed by atoms with Crippen LogP contribution < -0.4 is 16.0 Å². The first-order valence-corrected chi connectivity index (χ1v) is 10.3. The van der Waals surface area contributed by atoms with Gasteiger partial charge in [-0.25, -0.2) is 0 Å². The van der Waals surface area contributed by atoms with Gasteiger partial charge in [-0.1, -0.05) is 24.3 Å². The summed E-state index contributed by atoms with van der Waals surface area (Å²) in [6.07, 6.45) is -4.48. The number of carbonyl (C=O) groups is 1. The van der Waals surface area contributed by atoms with Gasteiger partial charge in [-0.05, 0) is 54.8 Å². The summed E-state index contributed by atoms with van der Waals surface area (Å²) in [5, 5.41) is 9.07. The van der Waals surface area contributed by atoms with Crippen LogP contribution in [0.2, 0.25) is 0 Å². The minimum absolute atomic E-state index is 0.0678. The van der Waals surface area contributed by atoms with Crippen molar-refractivity contribution in [3.05, 3.63) is 64.7 Å². The van der Waals surface area contributed by atoms with Gasteiger partial charge in [-0.2, -0.15) is 13.2 Å². The van der Waals surface area contributed by atoms with E-state index in [4.69, 9.17) is 11.6 Å². The summed E-state index contributed by atoms with van der Waals surface area (Å²) in [6, 6.07) is 11.9. The zero-order valence-electron chi connectivity index (χ0n) is 16.7. The number of anilines is 1. The number of hydrogen-bond acceptors (Lipinski definition) is 3. The highest BCUT2D eigenvalue weighted by Crippen LogP contribution is 2.31. The van der Waals surface area contributed by atoms with Gasteiger partial charge in [-0.3, -0.25) is 4.79 Å². The highest BCUT2D eigenvalue weighted by Gasteiger charge is 2.30. The molecule has 0 bridgehead atoms. The van der Waals surface area contributed by atoms with Gasteiger partial charge in [-0.15, -0.1) is 11.6 Å². The van der Waals surface area contributed by atoms with Crippen LogP contribution in [-0.2, 0) is 13.0 Å². The fraction of sp³-hybridized carbons (Fsp3) is 0.409. The normalized spacial score (nSPS) is 17.6. The minimum Gasteiger partial charge on any atom is -0.381 e. The van der Waals surface area contributed by atoms with Gasteiger partial charge < -0.3 is 16.0 Å². The minimum atomic E-state index is -4.31. The standard InChI is InChI=1S/C22H25ClF3N3O/c1-14(11-22(24,25)26)29-21(30)16-7-5-15(6-8-16)12-28-20-4-2-3-17-18(20)9-10-27-13-19(17)23/h2-8,14,19,27-28H,9-13H2,1H3,(H,29,30). The Morgan fingerprint density at radius 1 is 1.23 bits per heavy atom. The maximum absolute atomic E-state index is 12.4. The first-order chi connectivity index (χ1) is 14.2. The molecule has 1 heterocycles. The lowest BCUT2D eigenvalue weighted by atomic mass is 10.0. The third-order valence-corrected chi connectivity index (χ3v) is 5.43. The molecule has 162 valence electrons. The second-order valence-electron chi connectivity index (χ2n) is 7.54. The number of amides is 1. The van der Waals surface area contributed by atoms with Crippen LogP contribution in [0.4, 0.5) is 18.9 Å². The van der Waals surface area contributed by atoms with Crippen molar-refractivity contribution in [2.75, 3.05) is 18.4 Å². The lowest BCUT2D eigenvalue weighted by Gasteiger charge is -2.17. The number of fused-ring (bicyclic) bond motifs is 1. The summed E-state index contributed by atoms with van der Waals surface area (Å²) in [5.41, 5.74) is 4.66. The molecular weight excluding hydrogens is 415 g/mol. The lowest BCUT2D eigenvalue weighted by Crippen LogP contribution is -2.35. The van der Waals surface area contributed by atoms with E-state index in [1.54, 1.807) is 24.3 Å². The highest BCUT2D eigenvalue weighted by molar-refractivity contribution is 6.21. The number of benzene rings is 2. The van der Waals surface area contributed by atoms with Crippen molar-refractivity contribution in [1.82, 2.24) is 10.6 Å². The largest absolute Gasteiger partial charge is 0.391 e. The topological polar surface area (TPSA) is 53.2 Å². The third-order valence-electron chi connectivity index (χ3n) is 5.04. The van der Waals surface area contributed by atoms with E-state index >= 15 is 0 Å². The van der Waals surface area contributed by atoms with Crippen molar-refractivity contribution in [3.8, 4) is 0 Å². The van der Waals surface area contributed by atoms with E-state index in [2.05, 4.69) is 22.0 Å². The Morgan fingerprint density at radius 3 is 2.67 bits per heavy atom. The van der Waals surface area contributed by atoms with Crippen LogP contribution in [0.5, 0.6) is 0 Å². The van der Waals surface area contributed by atoms with Crippen LogP contribution in [0.1, 0.15) is 45.8 Å². The van der Waals surface area contributed by atoms with Crippen LogP contribution in [0.25, 0.3) is 0 Å². The molecule has 1 amide bonds. The van der Waals surface area contributed by atoms with E-state index in [0.717, 1.165) is 36.3 Å². The summed E-state index contributed by atoms with van der Waals surface area (Å²) in [7, 11) is 0. The van der Waals surface area contributed by atoms with Gasteiger partial charge >= 0.3 is 6.18 Å². The van der Waals surface area contributed by atoms with Gasteiger partial charge in [0.2, 0.25) is 0 Å². The Morgan fingerprint density at radius 2 is 1.97 bits per heavy atom. The molecule has 4 nitrogen and oxygen atoms in total. The van der Waals surface area contributed by atoms with E-state index < -0.39 is 24.5 Å². The molecular formula is C22H25ClF3N3O. The Labute approximate surface area is 179 Å². The van der Waals surface area contributed by atoms with Gasteiger partial charge in [0.1, 0.15) is 0 Å². The molecule has 3 N–H and O–H groups in total. The molecule has 0 spiro atoms. The number of rotatable bonds is 6. The van der Waals surface area contributed by atoms with E-state index in [0.29, 0.717) is 12.1 Å². The van der Waals surface area contributed by atoms with Crippen molar-refractivity contribution in [1.29, 1.82) is 0 Å². The SMILES string of the molecule is CC(CC(F)(F)F)NC(=O)c1ccc(CNc2cccc3c2CCNCC3Cl)cc1. The molecule has 2 atom stereocenters. The van der Waals surface area contributed by atoms with Crippen LogP contribution in [0, 0.1) is 0 Å². The molecule has 2 aromatic rings. The number of halogens is 4. The Hall–Kier alpha value is -2.25. The predicted molar refractivity (Wildman–Crippen MR) is 113 cm³/mol. The monoisotopic (exact) mass is 439 g/mol. The molecule has 8 heteroatoms. The van der Waals surface area contributed by atoms with Crippen molar-refractivity contribution in [2.45, 2.75) is 43.9 Å². The molecule has 1 aliphatic rings. The van der Waals surface area contributed by atoms with E-state index in [9.17, 15) is 18.0 Å². The van der Waals surface area contributed by atoms with Crippen LogP contribution >= 0.6 is 11.6 Å². The number of carbonyl (C=O) groups excluding carboxylic acids is 1. The number of alkyl halides is 4. The molecule has 0 radical (unpaired) electrons. The van der Waals surface area contributed by atoms with Crippen molar-refractivity contribution < 1.29 is 18.0 Å². The van der Waals surface area contributed by atoms with Crippen molar-refractivity contribution in [3.63, 3.8) is 0 Å². The van der Waals surface area contributed by atoms with Crippen LogP contribution in [0.3, 0.4) is 0 Å². The van der Waals surface area contributed by atoms with Crippen LogP contribution in [-0.4, -0.2) is 31.2 Å². The second kappa shape index (κ2) is 9.71. The van der Waals surface area contributed by atoms with E-state index in [1.165, 1.54) is 12.5 Å². The Bertz CT molecular complexity index is 871. The first kappa shape index (κ1) is 22.4. The zero-order chi connectivity index (χ0) is 21.7. The van der Waals surface area contributed by atoms with Crippen molar-refractivity contribution >= 4 is 23.2 Å². The molecule has 0 aliphatic carbocycles. The maximum atomic E-state index is 12.4. The molecule has 0 fully saturated rings. The molecule has 2 aromatic carbocycles. The van der Waals surface area contributed by atoms with Gasteiger partial charge in [0, 0.05) is 30.4 Å². The van der Waals surface area contributed by atoms with E-state index in [-0.39, 0.29) is 5.38 Å². The molecule has 1 aliphatic heterocycles. The lowest BCUT2D eigenvalue weighted by molar-refractivity contribution is -0.138. The zero-order valence-corrected chi connectivity index (χ0v) is 17.4. The summed E-state index contributed by atoms with van der Waals surface area (Å²) in [4.78, 5) is 12.1. The van der Waals surface area contributed by atoms with Gasteiger partial charge in [0.15, 0.2) is 0 Å². The first-order valence-electron chi connectivity index (χ1n) is 9.90. The Kier molecular flexibility index (Phi) is 7.26. The quantitative estimate of drug-likeness (QED) is 0.567. The summed E-state index contributed by atoms with van der Waals surface area (Å²) in [6.45, 7) is 3.51. The smallest absolute Gasteiger partial charge is 0.381 e. The average molecular weight is 440 g/mol. The summed E-state index contributed by atoms with van der Waals surface area (Å²) >= 11 is 6.47. The molecule has 30 heavy (non-hydrogen) atoms. The predicted octanol–water partition coefficient (Wildman–Crippen LogP) is 4.80. The molecule has 3 rings (SSSR count). The molecule has 0 saturated carbocycles. The number of hydrogen-bond donors (Lipinski definition) is 3. The summed E-state index contributed by atoms with van der Waals surface area (Å²) in [5.74, 6) is -0.514. The maximum Gasteiger partial charge on any atom is 0.391 e. The highest BCUT2D eigenvalue weighted by atomic mass is 35.5. The molecule has 0 saturated heterocycles. The fourth-order valence-electron chi connectivity index (χ4n) is 3.57. The molecule has 2 unspecified atom stereocenters. The van der Waals surface area contributed by atoms with E-state index in [1.807, 2.05) is 12.1 Å². The number of nitrogens with one attached hydrogen (secondary N) is 3. The Balaban J connectivity index is 1.60. The average Bonchev–Trinajstić information content (AvgIpc) is 2.87. The molecule has 0 aromatic heterocycles. The van der Waals surface area contributed by atoms with Crippen molar-refractivity contribution in [2.24, 2.45) is 0 Å². The third kappa shape index (κ3) is 6.12. The van der Waals surface area contributed by atoms with Crippen LogP contribution in [0.15, 0.2) is 42.5 Å².